The van der Waals surface area contributed by atoms with Crippen LogP contribution < -0.4 is 11.5 Å². The molecule has 0 saturated heterocycles. The number of hydrogen-bond donors (Lipinski definition) is 3. The molecule has 4 aromatic rings. The summed E-state index contributed by atoms with van der Waals surface area (Å²) in [6, 6.07) is 25.9. The average molecular weight is 368 g/mol. The standard InChI is InChI=1S/C14H14N2.C10H10N2/c15-13-8-4-7-12(14(13)16)10-9-11-5-2-1-3-6-11;1-8-7-11-12-10(8)9-5-3-2-4-6-9/h1-10H,15-16H2;2-7H,1H3,(H,11,12). The largest absolute Gasteiger partial charge is 0.397 e. The lowest BCUT2D eigenvalue weighted by Crippen LogP contribution is -1.96. The van der Waals surface area contributed by atoms with E-state index in [2.05, 4.69) is 22.3 Å². The fourth-order valence-electron chi connectivity index (χ4n) is 2.74. The van der Waals surface area contributed by atoms with Gasteiger partial charge in [-0.25, -0.2) is 0 Å². The molecule has 0 fully saturated rings. The molecule has 4 rings (SSSR count). The van der Waals surface area contributed by atoms with E-state index in [0.29, 0.717) is 11.4 Å². The molecule has 28 heavy (non-hydrogen) atoms. The number of anilines is 2. The summed E-state index contributed by atoms with van der Waals surface area (Å²) in [4.78, 5) is 0. The van der Waals surface area contributed by atoms with Crippen LogP contribution in [-0.2, 0) is 0 Å². The van der Waals surface area contributed by atoms with Crippen LogP contribution in [0, 0.1) is 6.92 Å². The monoisotopic (exact) mass is 368 g/mol. The Bertz CT molecular complexity index is 1030. The number of aromatic nitrogens is 2. The summed E-state index contributed by atoms with van der Waals surface area (Å²) < 4.78 is 0. The maximum Gasteiger partial charge on any atom is 0.0679 e. The summed E-state index contributed by atoms with van der Waals surface area (Å²) in [5, 5.41) is 6.94. The zero-order valence-corrected chi connectivity index (χ0v) is 15.8. The number of nitrogen functional groups attached to an aromatic ring is 2. The summed E-state index contributed by atoms with van der Waals surface area (Å²) in [5.74, 6) is 0. The topological polar surface area (TPSA) is 80.7 Å². The van der Waals surface area contributed by atoms with Gasteiger partial charge in [0.25, 0.3) is 0 Å². The van der Waals surface area contributed by atoms with Crippen molar-refractivity contribution < 1.29 is 0 Å². The summed E-state index contributed by atoms with van der Waals surface area (Å²) in [6.07, 6.45) is 5.83. The molecule has 0 spiro atoms. The third-order valence-electron chi connectivity index (χ3n) is 4.32. The molecule has 1 aromatic heterocycles. The van der Waals surface area contributed by atoms with Gasteiger partial charge in [0.2, 0.25) is 0 Å². The Morgan fingerprint density at radius 3 is 2.11 bits per heavy atom. The van der Waals surface area contributed by atoms with Gasteiger partial charge in [0.15, 0.2) is 0 Å². The molecule has 3 aromatic carbocycles. The van der Waals surface area contributed by atoms with Gasteiger partial charge in [-0.15, -0.1) is 0 Å². The van der Waals surface area contributed by atoms with Crippen molar-refractivity contribution in [2.75, 3.05) is 11.5 Å². The fourth-order valence-corrected chi connectivity index (χ4v) is 2.74. The summed E-state index contributed by atoms with van der Waals surface area (Å²) in [6.45, 7) is 2.05. The Balaban J connectivity index is 0.000000167. The zero-order valence-electron chi connectivity index (χ0n) is 15.8. The molecule has 140 valence electrons. The number of nitrogens with zero attached hydrogens (tertiary/aromatic N) is 1. The van der Waals surface area contributed by atoms with Crippen LogP contribution in [0.5, 0.6) is 0 Å². The van der Waals surface area contributed by atoms with Crippen LogP contribution in [0.2, 0.25) is 0 Å². The number of H-pyrrole nitrogens is 1. The van der Waals surface area contributed by atoms with Crippen LogP contribution in [0.1, 0.15) is 16.7 Å². The first-order chi connectivity index (χ1) is 13.6. The number of para-hydroxylation sites is 1. The van der Waals surface area contributed by atoms with Crippen LogP contribution in [0.3, 0.4) is 0 Å². The maximum atomic E-state index is 5.87. The second kappa shape index (κ2) is 9.24. The Morgan fingerprint density at radius 1 is 0.786 bits per heavy atom. The smallest absolute Gasteiger partial charge is 0.0679 e. The maximum absolute atomic E-state index is 5.87. The molecule has 4 nitrogen and oxygen atoms in total. The first-order valence-electron chi connectivity index (χ1n) is 9.07. The minimum atomic E-state index is 0.621. The molecule has 1 heterocycles. The van der Waals surface area contributed by atoms with Gasteiger partial charge in [-0.1, -0.05) is 84.9 Å². The SMILES string of the molecule is Cc1cn[nH]c1-c1ccccc1.Nc1cccc(C=Cc2ccccc2)c1N. The molecule has 0 unspecified atom stereocenters. The lowest BCUT2D eigenvalue weighted by Gasteiger charge is -2.03. The lowest BCUT2D eigenvalue weighted by atomic mass is 10.1. The van der Waals surface area contributed by atoms with Gasteiger partial charge < -0.3 is 11.5 Å². The molecule has 5 N–H and O–H groups in total. The third-order valence-corrected chi connectivity index (χ3v) is 4.32. The van der Waals surface area contributed by atoms with Crippen LogP contribution in [0.15, 0.2) is 85.1 Å². The van der Waals surface area contributed by atoms with Crippen molar-refractivity contribution in [1.82, 2.24) is 10.2 Å². The Morgan fingerprint density at radius 2 is 1.46 bits per heavy atom. The molecule has 0 radical (unpaired) electrons. The molecular formula is C24H24N4. The summed E-state index contributed by atoms with van der Waals surface area (Å²) >= 11 is 0. The molecule has 0 atom stereocenters. The Kier molecular flexibility index (Phi) is 6.26. The van der Waals surface area contributed by atoms with Crippen LogP contribution in [-0.4, -0.2) is 10.2 Å². The van der Waals surface area contributed by atoms with E-state index in [1.165, 1.54) is 11.1 Å². The van der Waals surface area contributed by atoms with Crippen molar-refractivity contribution in [2.24, 2.45) is 0 Å². The highest BCUT2D eigenvalue weighted by atomic mass is 15.1. The predicted molar refractivity (Wildman–Crippen MR) is 119 cm³/mol. The second-order valence-corrected chi connectivity index (χ2v) is 6.39. The highest BCUT2D eigenvalue weighted by Gasteiger charge is 2.01. The molecule has 4 heteroatoms. The van der Waals surface area contributed by atoms with Crippen molar-refractivity contribution in [3.8, 4) is 11.3 Å². The molecule has 0 aliphatic carbocycles. The quantitative estimate of drug-likeness (QED) is 0.334. The van der Waals surface area contributed by atoms with Gasteiger partial charge >= 0.3 is 0 Å². The molecule has 0 aliphatic rings. The van der Waals surface area contributed by atoms with Gasteiger partial charge in [-0.3, -0.25) is 5.10 Å². The van der Waals surface area contributed by atoms with Crippen molar-refractivity contribution in [3.63, 3.8) is 0 Å². The van der Waals surface area contributed by atoms with E-state index in [1.807, 2.05) is 85.9 Å². The van der Waals surface area contributed by atoms with E-state index in [4.69, 9.17) is 11.5 Å². The van der Waals surface area contributed by atoms with Crippen LogP contribution in [0.4, 0.5) is 11.4 Å². The van der Waals surface area contributed by atoms with Gasteiger partial charge in [0, 0.05) is 0 Å². The zero-order chi connectivity index (χ0) is 19.8. The highest BCUT2D eigenvalue weighted by molar-refractivity contribution is 5.81. The number of aryl methyl sites for hydroxylation is 1. The Labute approximate surface area is 165 Å². The number of nitrogens with two attached hydrogens (primary N) is 2. The first-order valence-corrected chi connectivity index (χ1v) is 9.07. The van der Waals surface area contributed by atoms with E-state index in [9.17, 15) is 0 Å². The Hall–Kier alpha value is -3.79. The van der Waals surface area contributed by atoms with E-state index in [-0.39, 0.29) is 0 Å². The first kappa shape index (κ1) is 19.0. The molecule has 0 aliphatic heterocycles. The van der Waals surface area contributed by atoms with E-state index < -0.39 is 0 Å². The average Bonchev–Trinajstić information content (AvgIpc) is 3.17. The van der Waals surface area contributed by atoms with Crippen molar-refractivity contribution in [1.29, 1.82) is 0 Å². The van der Waals surface area contributed by atoms with Crippen molar-refractivity contribution in [2.45, 2.75) is 6.92 Å². The van der Waals surface area contributed by atoms with Gasteiger partial charge in [0.1, 0.15) is 0 Å². The van der Waals surface area contributed by atoms with E-state index in [1.54, 1.807) is 6.07 Å². The minimum absolute atomic E-state index is 0.621. The van der Waals surface area contributed by atoms with Crippen LogP contribution in [0.25, 0.3) is 23.4 Å². The van der Waals surface area contributed by atoms with Crippen molar-refractivity contribution in [3.05, 3.63) is 102 Å². The summed E-state index contributed by atoms with van der Waals surface area (Å²) in [7, 11) is 0. The third kappa shape index (κ3) is 4.89. The fraction of sp³-hybridized carbons (Fsp3) is 0.0417. The van der Waals surface area contributed by atoms with Gasteiger partial charge in [-0.05, 0) is 35.2 Å². The highest BCUT2D eigenvalue weighted by Crippen LogP contribution is 2.21. The number of nitrogens with one attached hydrogen (secondary N) is 1. The molecule has 0 amide bonds. The van der Waals surface area contributed by atoms with Gasteiger partial charge in [0.05, 0.1) is 23.3 Å². The van der Waals surface area contributed by atoms with Crippen molar-refractivity contribution >= 4 is 23.5 Å². The molecule has 0 bridgehead atoms. The number of rotatable bonds is 3. The van der Waals surface area contributed by atoms with E-state index >= 15 is 0 Å². The molecule has 0 saturated carbocycles. The minimum Gasteiger partial charge on any atom is -0.397 e. The predicted octanol–water partition coefficient (Wildman–Crippen LogP) is 5.41. The lowest BCUT2D eigenvalue weighted by molar-refractivity contribution is 1.10. The number of benzene rings is 3. The molecular weight excluding hydrogens is 344 g/mol. The number of aromatic amines is 1. The second-order valence-electron chi connectivity index (χ2n) is 6.39. The van der Waals surface area contributed by atoms with Gasteiger partial charge in [-0.2, -0.15) is 5.10 Å². The summed E-state index contributed by atoms with van der Waals surface area (Å²) in [5.41, 5.74) is 18.4. The normalized spacial score (nSPS) is 10.5. The van der Waals surface area contributed by atoms with Crippen LogP contribution >= 0.6 is 0 Å². The number of hydrogen-bond acceptors (Lipinski definition) is 3. The van der Waals surface area contributed by atoms with E-state index in [0.717, 1.165) is 16.8 Å².